The van der Waals surface area contributed by atoms with Gasteiger partial charge in [-0.25, -0.2) is 0 Å². The number of ether oxygens (including phenoxy) is 1. The van der Waals surface area contributed by atoms with Crippen molar-refractivity contribution in [2.75, 3.05) is 26.0 Å². The fourth-order valence-corrected chi connectivity index (χ4v) is 4.09. The van der Waals surface area contributed by atoms with Crippen LogP contribution in [0.2, 0.25) is 5.02 Å². The van der Waals surface area contributed by atoms with Crippen LogP contribution in [0.5, 0.6) is 5.75 Å². The largest absolute Gasteiger partial charge is 0.494 e. The monoisotopic (exact) mass is 557 g/mol. The van der Waals surface area contributed by atoms with Gasteiger partial charge in [-0.3, -0.25) is 9.59 Å². The number of nitrogens with one attached hydrogen (secondary N) is 2. The normalized spacial score (nSPS) is 15.9. The number of carbonyl (C=O) groups is 2. The minimum atomic E-state index is -0.486. The molecule has 204 valence electrons. The standard InChI is InChI=1S/C28H31Cl2N3O3.C2H6/c1-6-15-33(4)18(2)19-7-9-20(10-8-19)26(34)32-25-23(16-21(29)17-24(25)36-5)27(35)31-22-11-13-28(3,30)14-12-22;1-2/h7-13,16-17H,2,6,14-15H2,1,3-5H3,(H,31,35)(H,32,34);1-2H3. The summed E-state index contributed by atoms with van der Waals surface area (Å²) in [5.41, 5.74) is 3.23. The molecule has 2 aromatic carbocycles. The summed E-state index contributed by atoms with van der Waals surface area (Å²) in [6.45, 7) is 13.0. The van der Waals surface area contributed by atoms with Crippen LogP contribution >= 0.6 is 23.2 Å². The molecule has 2 amide bonds. The van der Waals surface area contributed by atoms with E-state index in [0.29, 0.717) is 22.7 Å². The first-order valence-electron chi connectivity index (χ1n) is 12.6. The number of nitrogens with zero attached hydrogens (tertiary/aromatic N) is 1. The van der Waals surface area contributed by atoms with Gasteiger partial charge in [0.25, 0.3) is 11.8 Å². The molecular weight excluding hydrogens is 521 g/mol. The second-order valence-corrected chi connectivity index (χ2v) is 10.2. The Kier molecular flexibility index (Phi) is 11.5. The van der Waals surface area contributed by atoms with E-state index in [1.807, 2.05) is 52.1 Å². The lowest BCUT2D eigenvalue weighted by atomic mass is 10.0. The zero-order valence-electron chi connectivity index (χ0n) is 23.0. The van der Waals surface area contributed by atoms with Crippen molar-refractivity contribution in [1.82, 2.24) is 10.2 Å². The van der Waals surface area contributed by atoms with E-state index in [-0.39, 0.29) is 17.0 Å². The Balaban J connectivity index is 0.00000247. The quantitative estimate of drug-likeness (QED) is 0.313. The van der Waals surface area contributed by atoms with Crippen LogP contribution in [0.1, 0.15) is 66.8 Å². The molecule has 0 saturated heterocycles. The number of alkyl halides is 1. The Bertz CT molecular complexity index is 1220. The van der Waals surface area contributed by atoms with Crippen LogP contribution in [0.4, 0.5) is 5.69 Å². The van der Waals surface area contributed by atoms with Gasteiger partial charge in [0.2, 0.25) is 0 Å². The smallest absolute Gasteiger partial charge is 0.257 e. The number of halogens is 2. The van der Waals surface area contributed by atoms with E-state index in [1.165, 1.54) is 13.2 Å². The lowest BCUT2D eigenvalue weighted by Gasteiger charge is -2.21. The average molecular weight is 559 g/mol. The number of allylic oxidation sites excluding steroid dienone is 3. The van der Waals surface area contributed by atoms with Crippen LogP contribution in [0.3, 0.4) is 0 Å². The van der Waals surface area contributed by atoms with E-state index in [4.69, 9.17) is 27.9 Å². The molecule has 6 nitrogen and oxygen atoms in total. The Morgan fingerprint density at radius 1 is 1.11 bits per heavy atom. The molecule has 0 heterocycles. The highest BCUT2D eigenvalue weighted by Crippen LogP contribution is 2.34. The van der Waals surface area contributed by atoms with Gasteiger partial charge < -0.3 is 20.3 Å². The van der Waals surface area contributed by atoms with Gasteiger partial charge in [0.05, 0.1) is 23.2 Å². The molecule has 0 spiro atoms. The predicted molar refractivity (Wildman–Crippen MR) is 159 cm³/mol. The number of amides is 2. The van der Waals surface area contributed by atoms with Crippen molar-refractivity contribution >= 4 is 46.4 Å². The topological polar surface area (TPSA) is 70.7 Å². The van der Waals surface area contributed by atoms with Crippen molar-refractivity contribution in [1.29, 1.82) is 0 Å². The molecule has 0 aliphatic heterocycles. The number of hydrogen-bond donors (Lipinski definition) is 2. The van der Waals surface area contributed by atoms with E-state index in [2.05, 4.69) is 29.0 Å². The van der Waals surface area contributed by atoms with Crippen LogP contribution in [0.15, 0.2) is 66.9 Å². The summed E-state index contributed by atoms with van der Waals surface area (Å²) < 4.78 is 5.43. The summed E-state index contributed by atoms with van der Waals surface area (Å²) >= 11 is 12.6. The Morgan fingerprint density at radius 2 is 1.74 bits per heavy atom. The van der Waals surface area contributed by atoms with Crippen LogP contribution in [-0.4, -0.2) is 42.3 Å². The van der Waals surface area contributed by atoms with Crippen molar-refractivity contribution in [3.05, 3.63) is 88.6 Å². The highest BCUT2D eigenvalue weighted by atomic mass is 35.5. The summed E-state index contributed by atoms with van der Waals surface area (Å²) in [6.07, 6.45) is 7.00. The third kappa shape index (κ3) is 8.14. The Morgan fingerprint density at radius 3 is 2.29 bits per heavy atom. The minimum Gasteiger partial charge on any atom is -0.494 e. The molecule has 0 fully saturated rings. The van der Waals surface area contributed by atoms with Gasteiger partial charge in [-0.15, -0.1) is 11.6 Å². The number of carbonyl (C=O) groups excluding carboxylic acids is 2. The van der Waals surface area contributed by atoms with Gasteiger partial charge in [-0.1, -0.05) is 63.2 Å². The molecule has 3 rings (SSSR count). The summed E-state index contributed by atoms with van der Waals surface area (Å²) in [5.74, 6) is -0.557. The number of hydrogen-bond acceptors (Lipinski definition) is 4. The maximum absolute atomic E-state index is 13.2. The average Bonchev–Trinajstić information content (AvgIpc) is 2.91. The first-order chi connectivity index (χ1) is 18.0. The molecule has 1 aliphatic carbocycles. The third-order valence-electron chi connectivity index (χ3n) is 5.86. The molecule has 1 unspecified atom stereocenters. The second-order valence-electron chi connectivity index (χ2n) is 8.86. The lowest BCUT2D eigenvalue weighted by Crippen LogP contribution is -2.27. The molecule has 0 saturated carbocycles. The molecule has 8 heteroatoms. The van der Waals surface area contributed by atoms with Gasteiger partial charge >= 0.3 is 0 Å². The molecule has 2 aromatic rings. The van der Waals surface area contributed by atoms with E-state index in [1.54, 1.807) is 24.3 Å². The molecular formula is C30H37Cl2N3O3. The molecule has 1 atom stereocenters. The molecule has 0 aromatic heterocycles. The second kappa shape index (κ2) is 14.1. The SMILES string of the molecule is C=C(c1ccc(C(=O)Nc2c(OC)cc(Cl)cc2C(=O)NC2=CCC(C)(Cl)C=C2)cc1)N(C)CCC.CC. The Hall–Kier alpha value is -3.22. The van der Waals surface area contributed by atoms with Crippen LogP contribution in [0.25, 0.3) is 5.70 Å². The highest BCUT2D eigenvalue weighted by molar-refractivity contribution is 6.31. The third-order valence-corrected chi connectivity index (χ3v) is 6.36. The number of anilines is 1. The molecule has 0 bridgehead atoms. The van der Waals surface area contributed by atoms with Crippen molar-refractivity contribution in [2.45, 2.75) is 45.4 Å². The summed E-state index contributed by atoms with van der Waals surface area (Å²) in [6, 6.07) is 10.2. The van der Waals surface area contributed by atoms with Crippen molar-refractivity contribution in [3.8, 4) is 5.75 Å². The van der Waals surface area contributed by atoms with E-state index in [0.717, 1.165) is 24.2 Å². The van der Waals surface area contributed by atoms with Gasteiger partial charge in [0.1, 0.15) is 5.75 Å². The summed E-state index contributed by atoms with van der Waals surface area (Å²) in [5, 5.41) is 5.97. The summed E-state index contributed by atoms with van der Waals surface area (Å²) in [7, 11) is 3.43. The zero-order chi connectivity index (χ0) is 28.5. The first kappa shape index (κ1) is 31.0. The van der Waals surface area contributed by atoms with Crippen molar-refractivity contribution in [2.24, 2.45) is 0 Å². The minimum absolute atomic E-state index is 0.174. The molecule has 2 N–H and O–H groups in total. The van der Waals surface area contributed by atoms with E-state index >= 15 is 0 Å². The Labute approximate surface area is 236 Å². The molecule has 1 aliphatic rings. The maximum atomic E-state index is 13.2. The molecule has 38 heavy (non-hydrogen) atoms. The van der Waals surface area contributed by atoms with Crippen LogP contribution < -0.4 is 15.4 Å². The highest BCUT2D eigenvalue weighted by Gasteiger charge is 2.23. The van der Waals surface area contributed by atoms with E-state index in [9.17, 15) is 9.59 Å². The van der Waals surface area contributed by atoms with Gasteiger partial charge in [0, 0.05) is 41.6 Å². The maximum Gasteiger partial charge on any atom is 0.257 e. The zero-order valence-corrected chi connectivity index (χ0v) is 24.5. The van der Waals surface area contributed by atoms with Crippen molar-refractivity contribution < 1.29 is 14.3 Å². The number of methoxy groups -OCH3 is 1. The fourth-order valence-electron chi connectivity index (χ4n) is 3.74. The van der Waals surface area contributed by atoms with E-state index < -0.39 is 16.7 Å². The van der Waals surface area contributed by atoms with Gasteiger partial charge in [-0.05, 0) is 49.6 Å². The van der Waals surface area contributed by atoms with Crippen molar-refractivity contribution in [3.63, 3.8) is 0 Å². The number of benzene rings is 2. The first-order valence-corrected chi connectivity index (χ1v) is 13.4. The van der Waals surface area contributed by atoms with Crippen LogP contribution in [0, 0.1) is 0 Å². The molecule has 0 radical (unpaired) electrons. The van der Waals surface area contributed by atoms with Crippen LogP contribution in [-0.2, 0) is 0 Å². The fraction of sp³-hybridized carbons (Fsp3) is 0.333. The lowest BCUT2D eigenvalue weighted by molar-refractivity contribution is 0.0967. The van der Waals surface area contributed by atoms with Gasteiger partial charge in [0.15, 0.2) is 0 Å². The summed E-state index contributed by atoms with van der Waals surface area (Å²) in [4.78, 5) is 27.9. The van der Waals surface area contributed by atoms with Gasteiger partial charge in [-0.2, -0.15) is 0 Å². The number of rotatable bonds is 9. The predicted octanol–water partition coefficient (Wildman–Crippen LogP) is 7.51.